The van der Waals surface area contributed by atoms with Gasteiger partial charge >= 0.3 is 0 Å². The molecule has 2 unspecified atom stereocenters. The van der Waals surface area contributed by atoms with Crippen molar-refractivity contribution in [2.45, 2.75) is 51.1 Å². The molecule has 4 heteroatoms. The molecule has 0 spiro atoms. The minimum Gasteiger partial charge on any atom is -0.383 e. The van der Waals surface area contributed by atoms with Crippen LogP contribution in [0, 0.1) is 5.92 Å². The molecule has 2 atom stereocenters. The molecule has 0 bridgehead atoms. The van der Waals surface area contributed by atoms with Gasteiger partial charge in [-0.15, -0.1) is 0 Å². The van der Waals surface area contributed by atoms with E-state index < -0.39 is 0 Å². The number of nitrogens with one attached hydrogen (secondary N) is 1. The summed E-state index contributed by atoms with van der Waals surface area (Å²) in [5.74, 6) is 0.798. The summed E-state index contributed by atoms with van der Waals surface area (Å²) in [4.78, 5) is 11.8. The molecule has 2 saturated heterocycles. The molecule has 106 valence electrons. The lowest BCUT2D eigenvalue weighted by molar-refractivity contribution is -0.109. The summed E-state index contributed by atoms with van der Waals surface area (Å²) in [5, 5.41) is 2.25. The molecule has 18 heavy (non-hydrogen) atoms. The van der Waals surface area contributed by atoms with Crippen LogP contribution in [0.1, 0.15) is 39.5 Å². The standard InChI is InChI=1S/C12H23NO.C2H5NO/c1-10(2)12-6-4-8-13(12)11(5-7-12)9-14-3;1-3-2-4/h10-11H,4-9H2,1-3H3;2H,1H3,(H,3,4). The fourth-order valence-electron chi connectivity index (χ4n) is 3.58. The topological polar surface area (TPSA) is 41.6 Å². The van der Waals surface area contributed by atoms with Gasteiger partial charge in [-0.3, -0.25) is 9.69 Å². The monoisotopic (exact) mass is 256 g/mol. The van der Waals surface area contributed by atoms with Gasteiger partial charge in [-0.25, -0.2) is 0 Å². The average Bonchev–Trinajstić information content (AvgIpc) is 2.91. The van der Waals surface area contributed by atoms with Gasteiger partial charge < -0.3 is 10.1 Å². The molecule has 2 aliphatic heterocycles. The van der Waals surface area contributed by atoms with E-state index in [0.29, 0.717) is 18.0 Å². The van der Waals surface area contributed by atoms with Crippen molar-refractivity contribution in [1.29, 1.82) is 0 Å². The Bertz CT molecular complexity index is 258. The summed E-state index contributed by atoms with van der Waals surface area (Å²) >= 11 is 0. The summed E-state index contributed by atoms with van der Waals surface area (Å²) in [5.41, 5.74) is 0.531. The number of methoxy groups -OCH3 is 1. The number of nitrogens with zero attached hydrogens (tertiary/aromatic N) is 1. The van der Waals surface area contributed by atoms with Crippen LogP contribution < -0.4 is 5.32 Å². The Hall–Kier alpha value is -0.610. The molecule has 0 aromatic rings. The van der Waals surface area contributed by atoms with Crippen LogP contribution in [0.15, 0.2) is 0 Å². The summed E-state index contributed by atoms with van der Waals surface area (Å²) in [7, 11) is 3.39. The van der Waals surface area contributed by atoms with Crippen molar-refractivity contribution < 1.29 is 9.53 Å². The van der Waals surface area contributed by atoms with Crippen molar-refractivity contribution in [2.75, 3.05) is 27.3 Å². The van der Waals surface area contributed by atoms with E-state index in [2.05, 4.69) is 24.1 Å². The largest absolute Gasteiger partial charge is 0.383 e. The van der Waals surface area contributed by atoms with Crippen LogP contribution in [0.2, 0.25) is 0 Å². The third-order valence-corrected chi connectivity index (χ3v) is 4.48. The second-order valence-electron chi connectivity index (χ2n) is 5.61. The lowest BCUT2D eigenvalue weighted by atomic mass is 9.83. The summed E-state index contributed by atoms with van der Waals surface area (Å²) in [6.07, 6.45) is 6.15. The molecular formula is C14H28N2O2. The Morgan fingerprint density at radius 1 is 1.50 bits per heavy atom. The molecule has 0 saturated carbocycles. The van der Waals surface area contributed by atoms with Gasteiger partial charge in [0.15, 0.2) is 0 Å². The third-order valence-electron chi connectivity index (χ3n) is 4.48. The summed E-state index contributed by atoms with van der Waals surface area (Å²) < 4.78 is 5.32. The van der Waals surface area contributed by atoms with E-state index in [1.165, 1.54) is 32.2 Å². The Kier molecular flexibility index (Phi) is 6.09. The van der Waals surface area contributed by atoms with Gasteiger partial charge in [0.2, 0.25) is 6.41 Å². The van der Waals surface area contributed by atoms with E-state index in [0.717, 1.165) is 12.5 Å². The van der Waals surface area contributed by atoms with Crippen LogP contribution in [0.25, 0.3) is 0 Å². The Balaban J connectivity index is 0.000000357. The van der Waals surface area contributed by atoms with Crippen LogP contribution >= 0.6 is 0 Å². The van der Waals surface area contributed by atoms with E-state index >= 15 is 0 Å². The fraction of sp³-hybridized carbons (Fsp3) is 0.929. The van der Waals surface area contributed by atoms with Crippen LogP contribution in [0.3, 0.4) is 0 Å². The van der Waals surface area contributed by atoms with Crippen molar-refractivity contribution >= 4 is 6.41 Å². The minimum absolute atomic E-state index is 0.531. The van der Waals surface area contributed by atoms with Crippen molar-refractivity contribution in [3.05, 3.63) is 0 Å². The maximum absolute atomic E-state index is 9.06. The number of hydrogen-bond donors (Lipinski definition) is 1. The molecule has 2 aliphatic rings. The summed E-state index contributed by atoms with van der Waals surface area (Å²) in [6.45, 7) is 6.99. The number of amides is 1. The number of ether oxygens (including phenoxy) is 1. The van der Waals surface area contributed by atoms with E-state index in [1.54, 1.807) is 7.05 Å². The molecule has 2 fully saturated rings. The molecule has 1 N–H and O–H groups in total. The Morgan fingerprint density at radius 2 is 2.17 bits per heavy atom. The first kappa shape index (κ1) is 15.4. The minimum atomic E-state index is 0.531. The van der Waals surface area contributed by atoms with Gasteiger partial charge in [0.25, 0.3) is 0 Å². The number of rotatable bonds is 4. The molecule has 0 radical (unpaired) electrons. The van der Waals surface area contributed by atoms with Crippen molar-refractivity contribution in [3.8, 4) is 0 Å². The maximum Gasteiger partial charge on any atom is 0.206 e. The van der Waals surface area contributed by atoms with E-state index in [9.17, 15) is 0 Å². The smallest absolute Gasteiger partial charge is 0.206 e. The normalized spacial score (nSPS) is 30.8. The highest BCUT2D eigenvalue weighted by Gasteiger charge is 2.50. The zero-order valence-corrected chi connectivity index (χ0v) is 12.2. The quantitative estimate of drug-likeness (QED) is 0.778. The molecule has 4 nitrogen and oxygen atoms in total. The Morgan fingerprint density at radius 3 is 2.67 bits per heavy atom. The average molecular weight is 256 g/mol. The molecule has 2 heterocycles. The lowest BCUT2D eigenvalue weighted by Crippen LogP contribution is -2.47. The number of hydrogen-bond acceptors (Lipinski definition) is 3. The highest BCUT2D eigenvalue weighted by atomic mass is 16.5. The fourth-order valence-corrected chi connectivity index (χ4v) is 3.58. The zero-order valence-electron chi connectivity index (χ0n) is 12.2. The second kappa shape index (κ2) is 7.10. The highest BCUT2D eigenvalue weighted by molar-refractivity contribution is 5.44. The second-order valence-corrected chi connectivity index (χ2v) is 5.61. The van der Waals surface area contributed by atoms with E-state index in [4.69, 9.17) is 9.53 Å². The number of carbonyl (C=O) groups is 1. The summed E-state index contributed by atoms with van der Waals surface area (Å²) in [6, 6.07) is 0.699. The number of carbonyl (C=O) groups excluding carboxylic acids is 1. The molecule has 0 aromatic carbocycles. The van der Waals surface area contributed by atoms with Crippen LogP contribution in [-0.4, -0.2) is 50.2 Å². The van der Waals surface area contributed by atoms with Gasteiger partial charge in [-0.1, -0.05) is 13.8 Å². The van der Waals surface area contributed by atoms with Crippen molar-refractivity contribution in [2.24, 2.45) is 5.92 Å². The third kappa shape index (κ3) is 3.04. The van der Waals surface area contributed by atoms with Crippen LogP contribution in [0.5, 0.6) is 0 Å². The van der Waals surface area contributed by atoms with Crippen molar-refractivity contribution in [1.82, 2.24) is 10.2 Å². The van der Waals surface area contributed by atoms with Gasteiger partial charge in [-0.2, -0.15) is 0 Å². The molecule has 0 aromatic heterocycles. The van der Waals surface area contributed by atoms with Gasteiger partial charge in [0, 0.05) is 25.7 Å². The SMILES string of the molecule is CNC=O.COCC1CCC2(C(C)C)CCCN12. The van der Waals surface area contributed by atoms with Crippen LogP contribution in [0.4, 0.5) is 0 Å². The molecule has 1 amide bonds. The predicted molar refractivity (Wildman–Crippen MR) is 73.5 cm³/mol. The maximum atomic E-state index is 9.06. The number of fused-ring (bicyclic) bond motifs is 1. The first-order valence-corrected chi connectivity index (χ1v) is 6.99. The molecular weight excluding hydrogens is 228 g/mol. The van der Waals surface area contributed by atoms with Crippen LogP contribution in [-0.2, 0) is 9.53 Å². The van der Waals surface area contributed by atoms with E-state index in [1.807, 2.05) is 7.11 Å². The predicted octanol–water partition coefficient (Wildman–Crippen LogP) is 1.65. The van der Waals surface area contributed by atoms with Gasteiger partial charge in [-0.05, 0) is 38.1 Å². The molecule has 0 aliphatic carbocycles. The lowest BCUT2D eigenvalue weighted by Gasteiger charge is -2.38. The van der Waals surface area contributed by atoms with Crippen molar-refractivity contribution in [3.63, 3.8) is 0 Å². The van der Waals surface area contributed by atoms with E-state index in [-0.39, 0.29) is 0 Å². The van der Waals surface area contributed by atoms with Gasteiger partial charge in [0.1, 0.15) is 0 Å². The highest BCUT2D eigenvalue weighted by Crippen LogP contribution is 2.46. The molecule has 2 rings (SSSR count). The first-order valence-electron chi connectivity index (χ1n) is 6.99. The Labute approximate surface area is 111 Å². The zero-order chi connectivity index (χ0) is 13.6. The first-order chi connectivity index (χ1) is 8.62. The van der Waals surface area contributed by atoms with Gasteiger partial charge in [0.05, 0.1) is 6.61 Å².